The molecule has 2 rings (SSSR count). The van der Waals surface area contributed by atoms with Gasteiger partial charge in [-0.2, -0.15) is 0 Å². The molecule has 0 unspecified atom stereocenters. The molecular formula is C19H17ClFNO3. The van der Waals surface area contributed by atoms with Crippen LogP contribution in [0.15, 0.2) is 54.6 Å². The van der Waals surface area contributed by atoms with E-state index in [4.69, 9.17) is 16.3 Å². The van der Waals surface area contributed by atoms with Crippen LogP contribution < -0.4 is 5.32 Å². The molecule has 0 bridgehead atoms. The Labute approximate surface area is 150 Å². The van der Waals surface area contributed by atoms with Gasteiger partial charge in [0.25, 0.3) is 5.91 Å². The average Bonchev–Trinajstić information content (AvgIpc) is 2.61. The predicted octanol–water partition coefficient (Wildman–Crippen LogP) is 3.39. The van der Waals surface area contributed by atoms with Crippen LogP contribution in [0.1, 0.15) is 11.1 Å². The zero-order valence-electron chi connectivity index (χ0n) is 13.4. The molecule has 0 fully saturated rings. The van der Waals surface area contributed by atoms with Crippen molar-refractivity contribution in [2.24, 2.45) is 0 Å². The van der Waals surface area contributed by atoms with Gasteiger partial charge in [0.05, 0.1) is 0 Å². The van der Waals surface area contributed by atoms with E-state index in [9.17, 15) is 14.0 Å². The summed E-state index contributed by atoms with van der Waals surface area (Å²) < 4.78 is 17.6. The standard InChI is InChI=1S/C19H17ClFNO3/c20-16-6-1-14(2-7-16)5-10-19(24)25-13-18(23)22-12-11-15-3-8-17(21)9-4-15/h1-10H,11-13H2,(H,22,23)/b10-5+. The van der Waals surface area contributed by atoms with Gasteiger partial charge in [0.2, 0.25) is 0 Å². The fraction of sp³-hybridized carbons (Fsp3) is 0.158. The molecule has 6 heteroatoms. The molecule has 0 radical (unpaired) electrons. The molecule has 0 aliphatic heterocycles. The highest BCUT2D eigenvalue weighted by molar-refractivity contribution is 6.30. The molecule has 4 nitrogen and oxygen atoms in total. The number of halogens is 2. The Morgan fingerprint density at radius 2 is 1.76 bits per heavy atom. The molecule has 0 aromatic heterocycles. The quantitative estimate of drug-likeness (QED) is 0.607. The minimum absolute atomic E-state index is 0.300. The smallest absolute Gasteiger partial charge is 0.331 e. The zero-order chi connectivity index (χ0) is 18.1. The fourth-order valence-electron chi connectivity index (χ4n) is 1.97. The van der Waals surface area contributed by atoms with Crippen LogP contribution in [0.3, 0.4) is 0 Å². The maximum Gasteiger partial charge on any atom is 0.331 e. The molecule has 0 saturated carbocycles. The number of carbonyl (C=O) groups is 2. The molecule has 25 heavy (non-hydrogen) atoms. The number of hydrogen-bond acceptors (Lipinski definition) is 3. The van der Waals surface area contributed by atoms with E-state index in [0.717, 1.165) is 11.1 Å². The van der Waals surface area contributed by atoms with Crippen LogP contribution >= 0.6 is 11.6 Å². The molecule has 1 amide bonds. The number of benzene rings is 2. The van der Waals surface area contributed by atoms with Gasteiger partial charge in [-0.3, -0.25) is 4.79 Å². The van der Waals surface area contributed by atoms with Crippen LogP contribution in [0.2, 0.25) is 5.02 Å². The van der Waals surface area contributed by atoms with E-state index >= 15 is 0 Å². The van der Waals surface area contributed by atoms with E-state index in [1.54, 1.807) is 42.5 Å². The SMILES string of the molecule is O=C(COC(=O)/C=C/c1ccc(Cl)cc1)NCCc1ccc(F)cc1. The van der Waals surface area contributed by atoms with Gasteiger partial charge < -0.3 is 10.1 Å². The van der Waals surface area contributed by atoms with Gasteiger partial charge in [0.1, 0.15) is 5.82 Å². The first kappa shape index (κ1) is 18.7. The highest BCUT2D eigenvalue weighted by Crippen LogP contribution is 2.10. The van der Waals surface area contributed by atoms with Crippen LogP contribution in [0.4, 0.5) is 4.39 Å². The van der Waals surface area contributed by atoms with Gasteiger partial charge in [0, 0.05) is 17.6 Å². The summed E-state index contributed by atoms with van der Waals surface area (Å²) in [7, 11) is 0. The summed E-state index contributed by atoms with van der Waals surface area (Å²) in [5.74, 6) is -1.30. The lowest BCUT2D eigenvalue weighted by atomic mass is 10.1. The van der Waals surface area contributed by atoms with Gasteiger partial charge in [-0.05, 0) is 47.9 Å². The van der Waals surface area contributed by atoms with Crippen molar-refractivity contribution >= 4 is 29.6 Å². The second-order valence-corrected chi connectivity index (χ2v) is 5.66. The summed E-state index contributed by atoms with van der Waals surface area (Å²) in [6.07, 6.45) is 3.39. The van der Waals surface area contributed by atoms with Gasteiger partial charge >= 0.3 is 5.97 Å². The Balaban J connectivity index is 1.66. The number of rotatable bonds is 7. The summed E-state index contributed by atoms with van der Waals surface area (Å²) in [6.45, 7) is 0.0236. The third kappa shape index (κ3) is 7.18. The Kier molecular flexibility index (Phi) is 7.16. The molecular weight excluding hydrogens is 345 g/mol. The highest BCUT2D eigenvalue weighted by Gasteiger charge is 2.04. The highest BCUT2D eigenvalue weighted by atomic mass is 35.5. The van der Waals surface area contributed by atoms with Gasteiger partial charge in [0.15, 0.2) is 6.61 Å². The Hall–Kier alpha value is -2.66. The van der Waals surface area contributed by atoms with Crippen LogP contribution in [0.5, 0.6) is 0 Å². The minimum atomic E-state index is -0.608. The number of esters is 1. The molecule has 0 spiro atoms. The summed E-state index contributed by atoms with van der Waals surface area (Å²) in [6, 6.07) is 13.0. The Bertz CT molecular complexity index is 742. The Morgan fingerprint density at radius 3 is 2.44 bits per heavy atom. The molecule has 0 aliphatic rings. The predicted molar refractivity (Wildman–Crippen MR) is 94.6 cm³/mol. The lowest BCUT2D eigenvalue weighted by Crippen LogP contribution is -2.30. The monoisotopic (exact) mass is 361 g/mol. The molecule has 2 aromatic carbocycles. The fourth-order valence-corrected chi connectivity index (χ4v) is 2.10. The zero-order valence-corrected chi connectivity index (χ0v) is 14.1. The van der Waals surface area contributed by atoms with Crippen molar-refractivity contribution in [2.75, 3.05) is 13.2 Å². The van der Waals surface area contributed by atoms with Crippen molar-refractivity contribution in [3.63, 3.8) is 0 Å². The van der Waals surface area contributed by atoms with E-state index in [1.807, 2.05) is 0 Å². The summed E-state index contributed by atoms with van der Waals surface area (Å²) in [5.41, 5.74) is 1.70. The maximum atomic E-state index is 12.8. The van der Waals surface area contributed by atoms with Gasteiger partial charge in [-0.1, -0.05) is 35.9 Å². The van der Waals surface area contributed by atoms with Crippen molar-refractivity contribution in [3.05, 3.63) is 76.6 Å². The van der Waals surface area contributed by atoms with Crippen molar-refractivity contribution in [2.45, 2.75) is 6.42 Å². The van der Waals surface area contributed by atoms with Gasteiger partial charge in [-0.25, -0.2) is 9.18 Å². The molecule has 1 N–H and O–H groups in total. The topological polar surface area (TPSA) is 55.4 Å². The summed E-state index contributed by atoms with van der Waals surface area (Å²) >= 11 is 5.77. The van der Waals surface area contributed by atoms with Crippen LogP contribution in [-0.2, 0) is 20.7 Å². The second-order valence-electron chi connectivity index (χ2n) is 5.22. The van der Waals surface area contributed by atoms with E-state index in [0.29, 0.717) is 18.0 Å². The first-order valence-electron chi connectivity index (χ1n) is 7.64. The number of carbonyl (C=O) groups excluding carboxylic acids is 2. The van der Waals surface area contributed by atoms with Gasteiger partial charge in [-0.15, -0.1) is 0 Å². The third-order valence-corrected chi connectivity index (χ3v) is 3.53. The minimum Gasteiger partial charge on any atom is -0.452 e. The molecule has 2 aromatic rings. The molecule has 0 saturated heterocycles. The van der Waals surface area contributed by atoms with Crippen molar-refractivity contribution in [1.29, 1.82) is 0 Å². The van der Waals surface area contributed by atoms with Crippen molar-refractivity contribution < 1.29 is 18.7 Å². The average molecular weight is 362 g/mol. The van der Waals surface area contributed by atoms with Crippen LogP contribution in [-0.4, -0.2) is 25.0 Å². The normalized spacial score (nSPS) is 10.6. The van der Waals surface area contributed by atoms with Crippen LogP contribution in [0, 0.1) is 5.82 Å². The third-order valence-electron chi connectivity index (χ3n) is 3.28. The van der Waals surface area contributed by atoms with E-state index in [2.05, 4.69) is 5.32 Å². The number of ether oxygens (including phenoxy) is 1. The summed E-state index contributed by atoms with van der Waals surface area (Å²) in [5, 5.41) is 3.24. The number of hydrogen-bond donors (Lipinski definition) is 1. The Morgan fingerprint density at radius 1 is 1.08 bits per heavy atom. The lowest BCUT2D eigenvalue weighted by molar-refractivity contribution is -0.143. The second kappa shape index (κ2) is 9.59. The molecule has 130 valence electrons. The molecule has 0 aliphatic carbocycles. The lowest BCUT2D eigenvalue weighted by Gasteiger charge is -2.05. The largest absolute Gasteiger partial charge is 0.452 e. The molecule has 0 heterocycles. The summed E-state index contributed by atoms with van der Waals surface area (Å²) in [4.78, 5) is 23.2. The van der Waals surface area contributed by atoms with E-state index < -0.39 is 11.9 Å². The maximum absolute atomic E-state index is 12.8. The molecule has 0 atom stereocenters. The number of nitrogens with one attached hydrogen (secondary N) is 1. The van der Waals surface area contributed by atoms with Crippen LogP contribution in [0.25, 0.3) is 6.08 Å². The van der Waals surface area contributed by atoms with Crippen molar-refractivity contribution in [3.8, 4) is 0 Å². The van der Waals surface area contributed by atoms with Crippen molar-refractivity contribution in [1.82, 2.24) is 5.32 Å². The number of amides is 1. The van der Waals surface area contributed by atoms with E-state index in [-0.39, 0.29) is 12.4 Å². The first-order chi connectivity index (χ1) is 12.0. The van der Waals surface area contributed by atoms with E-state index in [1.165, 1.54) is 18.2 Å². The first-order valence-corrected chi connectivity index (χ1v) is 8.02.